The van der Waals surface area contributed by atoms with Gasteiger partial charge in [0.1, 0.15) is 0 Å². The predicted molar refractivity (Wildman–Crippen MR) is 142 cm³/mol. The molecule has 0 unspecified atom stereocenters. The van der Waals surface area contributed by atoms with Crippen molar-refractivity contribution in [2.75, 3.05) is 43.6 Å². The number of carbonyl (C=O) groups is 1. The zero-order valence-corrected chi connectivity index (χ0v) is 21.8. The van der Waals surface area contributed by atoms with Gasteiger partial charge < -0.3 is 20.1 Å². The van der Waals surface area contributed by atoms with Crippen LogP contribution in [0, 0.1) is 6.92 Å². The third-order valence-electron chi connectivity index (χ3n) is 6.33. The third-order valence-corrected chi connectivity index (χ3v) is 6.33. The molecule has 204 valence electrons. The van der Waals surface area contributed by atoms with E-state index in [0.717, 1.165) is 35.6 Å². The maximum Gasteiger partial charge on any atom is 0.415 e. The fourth-order valence-electron chi connectivity index (χ4n) is 4.21. The number of aliphatic hydroxyl groups excluding tert-OH is 1. The number of anilines is 2. The van der Waals surface area contributed by atoms with Crippen molar-refractivity contribution in [3.8, 4) is 11.3 Å². The first-order valence-corrected chi connectivity index (χ1v) is 12.3. The van der Waals surface area contributed by atoms with Gasteiger partial charge in [0.25, 0.3) is 5.91 Å². The Bertz CT molecular complexity index is 1220. The molecule has 1 aromatic heterocycles. The largest absolute Gasteiger partial charge is 0.415 e. The minimum absolute atomic E-state index is 0.0199. The molecule has 0 saturated carbocycles. The Kier molecular flexibility index (Phi) is 9.82. The van der Waals surface area contributed by atoms with Gasteiger partial charge >= 0.3 is 6.18 Å². The summed E-state index contributed by atoms with van der Waals surface area (Å²) in [5, 5.41) is 21.0. The predicted octanol–water partition coefficient (Wildman–Crippen LogP) is 5.33. The highest BCUT2D eigenvalue weighted by Gasteiger charge is 2.31. The lowest BCUT2D eigenvalue weighted by molar-refractivity contribution is -0.112. The molecular weight excluding hydrogens is 497 g/mol. The number of halogens is 3. The van der Waals surface area contributed by atoms with E-state index in [2.05, 4.69) is 22.1 Å². The summed E-state index contributed by atoms with van der Waals surface area (Å²) in [5.41, 5.74) is 2.35. The van der Waals surface area contributed by atoms with Gasteiger partial charge in [0.15, 0.2) is 5.82 Å². The van der Waals surface area contributed by atoms with Gasteiger partial charge in [0.05, 0.1) is 12.3 Å². The van der Waals surface area contributed by atoms with Crippen LogP contribution in [-0.2, 0) is 9.53 Å². The van der Waals surface area contributed by atoms with E-state index in [1.54, 1.807) is 25.1 Å². The van der Waals surface area contributed by atoms with E-state index in [0.29, 0.717) is 37.0 Å². The van der Waals surface area contributed by atoms with Crippen molar-refractivity contribution in [1.29, 1.82) is 0 Å². The Balaban J connectivity index is 1.96. The lowest BCUT2D eigenvalue weighted by Crippen LogP contribution is -2.26. The van der Waals surface area contributed by atoms with Crippen LogP contribution in [0.3, 0.4) is 0 Å². The van der Waals surface area contributed by atoms with Crippen LogP contribution >= 0.6 is 0 Å². The average Bonchev–Trinajstić information content (AvgIpc) is 2.89. The highest BCUT2D eigenvalue weighted by Crippen LogP contribution is 2.35. The molecular formula is C28H33F3N4O3. The molecule has 0 atom stereocenters. The molecule has 7 nitrogen and oxygen atoms in total. The van der Waals surface area contributed by atoms with Gasteiger partial charge in [-0.3, -0.25) is 4.79 Å². The normalized spacial score (nSPS) is 15.1. The maximum absolute atomic E-state index is 13.0. The number of likely N-dealkylation sites (N-methyl/N-ethyl adjacent to an activating group) is 1. The zero-order chi connectivity index (χ0) is 27.9. The Hall–Kier alpha value is -3.50. The van der Waals surface area contributed by atoms with Crippen molar-refractivity contribution >= 4 is 17.4 Å². The molecule has 3 rings (SSSR count). The van der Waals surface area contributed by atoms with Crippen LogP contribution < -0.4 is 10.2 Å². The summed E-state index contributed by atoms with van der Waals surface area (Å²) in [4.78, 5) is 14.7. The highest BCUT2D eigenvalue weighted by molar-refractivity contribution is 6.06. The number of alkyl halides is 3. The molecule has 38 heavy (non-hydrogen) atoms. The quantitative estimate of drug-likeness (QED) is 0.337. The van der Waals surface area contributed by atoms with Gasteiger partial charge in [-0.15, -0.1) is 10.2 Å². The Labute approximate surface area is 220 Å². The van der Waals surface area contributed by atoms with E-state index in [-0.39, 0.29) is 18.1 Å². The molecule has 0 spiro atoms. The number of hydrogen-bond donors (Lipinski definition) is 2. The zero-order valence-electron chi connectivity index (χ0n) is 21.8. The van der Waals surface area contributed by atoms with Crippen molar-refractivity contribution in [3.63, 3.8) is 0 Å². The molecule has 1 saturated heterocycles. The fourth-order valence-corrected chi connectivity index (χ4v) is 4.21. The Morgan fingerprint density at radius 2 is 1.97 bits per heavy atom. The number of amides is 1. The number of ether oxygens (including phenoxy) is 1. The molecule has 0 aliphatic carbocycles. The molecule has 1 aromatic carbocycles. The number of aromatic nitrogens is 2. The second-order valence-electron chi connectivity index (χ2n) is 9.15. The van der Waals surface area contributed by atoms with Crippen LogP contribution in [0.2, 0.25) is 0 Å². The van der Waals surface area contributed by atoms with Gasteiger partial charge in [0.2, 0.25) is 0 Å². The molecule has 1 amide bonds. The van der Waals surface area contributed by atoms with E-state index in [4.69, 9.17) is 4.74 Å². The first kappa shape index (κ1) is 29.1. The molecule has 2 N–H and O–H groups in total. The summed E-state index contributed by atoms with van der Waals surface area (Å²) in [6.45, 7) is 8.22. The van der Waals surface area contributed by atoms with Crippen LogP contribution in [0.15, 0.2) is 60.2 Å². The second-order valence-corrected chi connectivity index (χ2v) is 9.15. The number of nitrogens with zero attached hydrogens (tertiary/aromatic N) is 3. The van der Waals surface area contributed by atoms with Crippen molar-refractivity contribution in [1.82, 2.24) is 10.2 Å². The maximum atomic E-state index is 13.0. The summed E-state index contributed by atoms with van der Waals surface area (Å²) >= 11 is 0. The lowest BCUT2D eigenvalue weighted by atomic mass is 9.90. The number of allylic oxidation sites excluding steroid dienone is 3. The Morgan fingerprint density at radius 3 is 2.61 bits per heavy atom. The van der Waals surface area contributed by atoms with E-state index in [1.165, 1.54) is 12.2 Å². The van der Waals surface area contributed by atoms with Crippen molar-refractivity contribution in [2.24, 2.45) is 0 Å². The van der Waals surface area contributed by atoms with E-state index >= 15 is 0 Å². The van der Waals surface area contributed by atoms with Crippen molar-refractivity contribution in [2.45, 2.75) is 38.8 Å². The number of nitrogens with one attached hydrogen (secondary N) is 1. The summed E-state index contributed by atoms with van der Waals surface area (Å²) in [5.74, 6) is 0.216. The smallest absolute Gasteiger partial charge is 0.395 e. The summed E-state index contributed by atoms with van der Waals surface area (Å²) in [6.07, 6.45) is 0.542. The fraction of sp³-hybridized carbons (Fsp3) is 0.393. The first-order valence-electron chi connectivity index (χ1n) is 12.3. The molecule has 10 heteroatoms. The molecule has 1 fully saturated rings. The second kappa shape index (κ2) is 12.8. The minimum Gasteiger partial charge on any atom is -0.395 e. The molecule has 2 heterocycles. The van der Waals surface area contributed by atoms with Crippen LogP contribution in [0.25, 0.3) is 11.3 Å². The van der Waals surface area contributed by atoms with Crippen LogP contribution in [0.5, 0.6) is 0 Å². The SMILES string of the molecule is C=C(/C=C(\C=C/C)C(=O)Nc1ccc(C)c(-c2cc(C3CCOCC3)c(N(C)CCO)nn2)c1)C(F)(F)F. The van der Waals surface area contributed by atoms with Crippen LogP contribution in [-0.4, -0.2) is 60.8 Å². The summed E-state index contributed by atoms with van der Waals surface area (Å²) in [6, 6.07) is 7.20. The first-order chi connectivity index (χ1) is 18.0. The minimum atomic E-state index is -4.64. The molecule has 2 aromatic rings. The van der Waals surface area contributed by atoms with Crippen molar-refractivity contribution < 1.29 is 27.8 Å². The Morgan fingerprint density at radius 1 is 1.26 bits per heavy atom. The van der Waals surface area contributed by atoms with Crippen molar-refractivity contribution in [3.05, 3.63) is 71.3 Å². The van der Waals surface area contributed by atoms with Crippen LogP contribution in [0.1, 0.15) is 36.8 Å². The van der Waals surface area contributed by atoms with Gasteiger partial charge in [-0.05, 0) is 62.4 Å². The number of hydrogen-bond acceptors (Lipinski definition) is 6. The molecule has 1 aliphatic heterocycles. The lowest BCUT2D eigenvalue weighted by Gasteiger charge is -2.27. The number of benzene rings is 1. The third kappa shape index (κ3) is 7.29. The molecule has 1 aliphatic rings. The van der Waals surface area contributed by atoms with E-state index in [1.807, 2.05) is 24.9 Å². The van der Waals surface area contributed by atoms with E-state index in [9.17, 15) is 23.1 Å². The van der Waals surface area contributed by atoms with E-state index < -0.39 is 17.7 Å². The van der Waals surface area contributed by atoms with Crippen LogP contribution in [0.4, 0.5) is 24.7 Å². The highest BCUT2D eigenvalue weighted by atomic mass is 19.4. The van der Waals surface area contributed by atoms with Gasteiger partial charge in [-0.25, -0.2) is 0 Å². The number of carbonyl (C=O) groups excluding carboxylic acids is 1. The standard InChI is InChI=1S/C28H33F3N4O3/c1-5-6-21(15-19(3)28(29,30)31)27(37)32-22-8-7-18(2)23(16-22)25-17-24(20-9-13-38-14-10-20)26(34-33-25)35(4)11-12-36/h5-8,15-17,20,36H,3,9-14H2,1-2,4H3,(H,32,37)/b6-5-,21-15+. The average molecular weight is 531 g/mol. The summed E-state index contributed by atoms with van der Waals surface area (Å²) < 4.78 is 44.5. The van der Waals surface area contributed by atoms with Gasteiger partial charge in [-0.2, -0.15) is 13.2 Å². The molecule has 0 radical (unpaired) electrons. The monoisotopic (exact) mass is 530 g/mol. The number of rotatable bonds is 9. The topological polar surface area (TPSA) is 87.6 Å². The number of aliphatic hydroxyl groups is 1. The molecule has 0 bridgehead atoms. The van der Waals surface area contributed by atoms with Gasteiger partial charge in [-0.1, -0.05) is 24.8 Å². The summed E-state index contributed by atoms with van der Waals surface area (Å²) in [7, 11) is 1.85. The van der Waals surface area contributed by atoms with Gasteiger partial charge in [0, 0.05) is 54.8 Å². The number of aryl methyl sites for hydroxylation is 1.